The molecule has 0 bridgehead atoms. The van der Waals surface area contributed by atoms with Crippen molar-refractivity contribution in [3.05, 3.63) is 65.5 Å². The third-order valence-corrected chi connectivity index (χ3v) is 5.94. The van der Waals surface area contributed by atoms with Crippen LogP contribution in [0.25, 0.3) is 0 Å². The summed E-state index contributed by atoms with van der Waals surface area (Å²) in [5.41, 5.74) is -5.29. The Balaban J connectivity index is 1.99. The van der Waals surface area contributed by atoms with E-state index in [0.717, 1.165) is 30.3 Å². The Hall–Kier alpha value is -3.15. The standard InChI is InChI=1S/C18H13F4NO6S/c19-12-6-4-11(5-7-12)15-14(23(16(24)25)17(26)29-15)9-10-2-1-3-13(8-10)30(27,28)18(20,21)22/h1-8,14-15H,9H2,(H,24,25)/p-1. The summed E-state index contributed by atoms with van der Waals surface area (Å²) in [4.78, 5) is 22.6. The molecule has 0 radical (unpaired) electrons. The molecule has 1 saturated heterocycles. The largest absolute Gasteiger partial charge is 0.529 e. The molecule has 0 N–H and O–H groups in total. The van der Waals surface area contributed by atoms with E-state index in [1.807, 2.05) is 0 Å². The molecule has 160 valence electrons. The molecular formula is C18H12F4NO6S-. The number of carbonyl (C=O) groups excluding carboxylic acids is 2. The minimum atomic E-state index is -5.63. The van der Waals surface area contributed by atoms with Crippen molar-refractivity contribution in [1.82, 2.24) is 4.90 Å². The number of sulfone groups is 1. The van der Waals surface area contributed by atoms with Gasteiger partial charge in [0.15, 0.2) is 0 Å². The number of halogens is 4. The van der Waals surface area contributed by atoms with Crippen molar-refractivity contribution >= 4 is 22.0 Å². The molecule has 2 atom stereocenters. The maximum atomic E-state index is 13.2. The molecule has 0 aliphatic carbocycles. The van der Waals surface area contributed by atoms with Crippen LogP contribution >= 0.6 is 0 Å². The molecule has 0 aromatic heterocycles. The average Bonchev–Trinajstić information content (AvgIpc) is 2.97. The molecule has 1 aliphatic rings. The van der Waals surface area contributed by atoms with E-state index in [9.17, 15) is 40.7 Å². The predicted octanol–water partition coefficient (Wildman–Crippen LogP) is 2.57. The number of nitrogens with zero attached hydrogens (tertiary/aromatic N) is 1. The van der Waals surface area contributed by atoms with Gasteiger partial charge in [0.05, 0.1) is 10.9 Å². The average molecular weight is 446 g/mol. The van der Waals surface area contributed by atoms with Gasteiger partial charge in [0, 0.05) is 0 Å². The number of rotatable bonds is 4. The monoisotopic (exact) mass is 446 g/mol. The van der Waals surface area contributed by atoms with Crippen molar-refractivity contribution in [3.8, 4) is 0 Å². The van der Waals surface area contributed by atoms with Crippen molar-refractivity contribution in [2.45, 2.75) is 29.0 Å². The molecule has 1 fully saturated rings. The van der Waals surface area contributed by atoms with Gasteiger partial charge in [-0.15, -0.1) is 0 Å². The predicted molar refractivity (Wildman–Crippen MR) is 90.0 cm³/mol. The van der Waals surface area contributed by atoms with Crippen molar-refractivity contribution in [2.24, 2.45) is 0 Å². The number of ether oxygens (including phenoxy) is 1. The smallest absolute Gasteiger partial charge is 0.501 e. The van der Waals surface area contributed by atoms with E-state index in [0.29, 0.717) is 0 Å². The minimum Gasteiger partial charge on any atom is -0.529 e. The van der Waals surface area contributed by atoms with Crippen LogP contribution in [0.3, 0.4) is 0 Å². The molecule has 3 rings (SSSR count). The lowest BCUT2D eigenvalue weighted by atomic mass is 9.96. The number of imide groups is 1. The number of hydrogen-bond donors (Lipinski definition) is 0. The van der Waals surface area contributed by atoms with Crippen LogP contribution in [0.4, 0.5) is 27.2 Å². The Kier molecular flexibility index (Phi) is 5.46. The molecule has 30 heavy (non-hydrogen) atoms. The van der Waals surface area contributed by atoms with Crippen molar-refractivity contribution < 1.29 is 45.4 Å². The Labute approximate surface area is 167 Å². The van der Waals surface area contributed by atoms with Crippen LogP contribution in [0.2, 0.25) is 0 Å². The highest BCUT2D eigenvalue weighted by Crippen LogP contribution is 2.36. The van der Waals surface area contributed by atoms with Crippen LogP contribution in [0.15, 0.2) is 53.4 Å². The van der Waals surface area contributed by atoms with Crippen molar-refractivity contribution in [3.63, 3.8) is 0 Å². The van der Waals surface area contributed by atoms with E-state index in [1.54, 1.807) is 0 Å². The highest BCUT2D eigenvalue weighted by Gasteiger charge is 2.47. The van der Waals surface area contributed by atoms with Crippen molar-refractivity contribution in [1.29, 1.82) is 0 Å². The summed E-state index contributed by atoms with van der Waals surface area (Å²) < 4.78 is 79.9. The zero-order valence-corrected chi connectivity index (χ0v) is 15.6. The number of cyclic esters (lactones) is 1. The first-order chi connectivity index (χ1) is 13.9. The normalized spacial score (nSPS) is 19.6. The number of hydrogen-bond acceptors (Lipinski definition) is 6. The van der Waals surface area contributed by atoms with Gasteiger partial charge in [0.2, 0.25) is 0 Å². The first-order valence-electron chi connectivity index (χ1n) is 8.28. The fraction of sp³-hybridized carbons (Fsp3) is 0.222. The van der Waals surface area contributed by atoms with Gasteiger partial charge in [-0.3, -0.25) is 4.90 Å². The van der Waals surface area contributed by atoms with Crippen LogP contribution in [0, 0.1) is 5.82 Å². The Bertz CT molecular complexity index is 1080. The van der Waals surface area contributed by atoms with Crippen LogP contribution in [0.1, 0.15) is 17.2 Å². The lowest BCUT2D eigenvalue weighted by molar-refractivity contribution is -0.262. The third kappa shape index (κ3) is 3.95. The number of carboxylic acid groups (broad SMARTS) is 1. The third-order valence-electron chi connectivity index (χ3n) is 4.46. The molecule has 7 nitrogen and oxygen atoms in total. The minimum absolute atomic E-state index is 0.00184. The zero-order valence-electron chi connectivity index (χ0n) is 14.8. The Morgan fingerprint density at radius 1 is 1.13 bits per heavy atom. The topological polar surface area (TPSA) is 104 Å². The van der Waals surface area contributed by atoms with E-state index in [-0.39, 0.29) is 22.4 Å². The summed E-state index contributed by atoms with van der Waals surface area (Å²) in [6, 6.07) is 7.15. The van der Waals surface area contributed by atoms with Crippen LogP contribution in [0.5, 0.6) is 0 Å². The van der Waals surface area contributed by atoms with Crippen LogP contribution in [-0.2, 0) is 21.0 Å². The zero-order chi connectivity index (χ0) is 22.3. The van der Waals surface area contributed by atoms with Gasteiger partial charge in [0.25, 0.3) is 9.84 Å². The molecule has 12 heteroatoms. The fourth-order valence-electron chi connectivity index (χ4n) is 3.08. The van der Waals surface area contributed by atoms with E-state index in [4.69, 9.17) is 4.74 Å². The summed E-state index contributed by atoms with van der Waals surface area (Å²) in [7, 11) is -5.63. The number of benzene rings is 2. The Morgan fingerprint density at radius 3 is 2.33 bits per heavy atom. The molecule has 0 saturated carbocycles. The summed E-state index contributed by atoms with van der Waals surface area (Å²) in [5.74, 6) is -0.596. The summed E-state index contributed by atoms with van der Waals surface area (Å²) in [6.45, 7) is 0. The van der Waals surface area contributed by atoms with Gasteiger partial charge < -0.3 is 14.6 Å². The summed E-state index contributed by atoms with van der Waals surface area (Å²) in [6.07, 6.45) is -4.76. The van der Waals surface area contributed by atoms with Gasteiger partial charge in [-0.25, -0.2) is 17.6 Å². The first-order valence-corrected chi connectivity index (χ1v) is 9.76. The second kappa shape index (κ2) is 7.59. The highest BCUT2D eigenvalue weighted by molar-refractivity contribution is 7.92. The second-order valence-corrected chi connectivity index (χ2v) is 8.30. The van der Waals surface area contributed by atoms with E-state index in [2.05, 4.69) is 0 Å². The van der Waals surface area contributed by atoms with Gasteiger partial charge in [-0.05, 0) is 41.8 Å². The number of carbonyl (C=O) groups is 2. The Morgan fingerprint density at radius 2 is 1.77 bits per heavy atom. The molecule has 1 heterocycles. The molecule has 2 unspecified atom stereocenters. The maximum absolute atomic E-state index is 13.2. The van der Waals surface area contributed by atoms with Gasteiger partial charge in [0.1, 0.15) is 18.0 Å². The fourth-order valence-corrected chi connectivity index (χ4v) is 3.91. The summed E-state index contributed by atoms with van der Waals surface area (Å²) >= 11 is 0. The van der Waals surface area contributed by atoms with E-state index in [1.165, 1.54) is 18.2 Å². The summed E-state index contributed by atoms with van der Waals surface area (Å²) in [5, 5.41) is 11.4. The lowest BCUT2D eigenvalue weighted by Crippen LogP contribution is -2.47. The van der Waals surface area contributed by atoms with E-state index >= 15 is 0 Å². The van der Waals surface area contributed by atoms with Crippen molar-refractivity contribution in [2.75, 3.05) is 0 Å². The van der Waals surface area contributed by atoms with Gasteiger partial charge >= 0.3 is 11.6 Å². The van der Waals surface area contributed by atoms with E-state index < -0.39 is 50.4 Å². The lowest BCUT2D eigenvalue weighted by Gasteiger charge is -2.25. The number of amides is 2. The maximum Gasteiger partial charge on any atom is 0.501 e. The molecule has 2 aromatic rings. The second-order valence-electron chi connectivity index (χ2n) is 6.36. The van der Waals surface area contributed by atoms with Crippen LogP contribution < -0.4 is 5.11 Å². The first kappa shape index (κ1) is 21.6. The van der Waals surface area contributed by atoms with Gasteiger partial charge in [-0.2, -0.15) is 13.2 Å². The van der Waals surface area contributed by atoms with Gasteiger partial charge in [-0.1, -0.05) is 24.3 Å². The molecule has 2 amide bonds. The number of alkyl halides is 3. The molecule has 1 aliphatic heterocycles. The SMILES string of the molecule is O=C([O-])N1C(=O)OC(c2ccc(F)cc2)C1Cc1cccc(S(=O)(=O)C(F)(F)F)c1. The van der Waals surface area contributed by atoms with Crippen LogP contribution in [-0.4, -0.2) is 37.1 Å². The molecule has 2 aromatic carbocycles. The quantitative estimate of drug-likeness (QED) is 0.669. The highest BCUT2D eigenvalue weighted by atomic mass is 32.2. The molecule has 0 spiro atoms. The molecular weight excluding hydrogens is 434 g/mol.